The molecule has 0 spiro atoms. The lowest BCUT2D eigenvalue weighted by atomic mass is 9.35. The number of fused-ring (bicyclic) bond motifs is 15. The van der Waals surface area contributed by atoms with Crippen molar-refractivity contribution in [2.24, 2.45) is 0 Å². The minimum absolute atomic E-state index is 0.0733. The van der Waals surface area contributed by atoms with Crippen LogP contribution in [-0.4, -0.2) is 30.8 Å². The summed E-state index contributed by atoms with van der Waals surface area (Å²) in [7, 11) is 0. The Morgan fingerprint density at radius 1 is 0.316 bits per heavy atom. The Hall–Kier alpha value is -7.57. The van der Waals surface area contributed by atoms with Crippen molar-refractivity contribution < 1.29 is 0 Å². The summed E-state index contributed by atoms with van der Waals surface area (Å²) in [5.41, 5.74) is 13.3. The van der Waals surface area contributed by atoms with Gasteiger partial charge in [-0.3, -0.25) is 9.13 Å². The first-order valence-corrected chi connectivity index (χ1v) is 19.4. The number of hydrogen-bond acceptors (Lipinski definition) is 3. The summed E-state index contributed by atoms with van der Waals surface area (Å²) >= 11 is 0. The van der Waals surface area contributed by atoms with Gasteiger partial charge in [-0.2, -0.15) is 15.0 Å². The fraction of sp³-hybridized carbons (Fsp3) is 0. The first kappa shape index (κ1) is 31.8. The Morgan fingerprint density at radius 2 is 0.754 bits per heavy atom. The van der Waals surface area contributed by atoms with Gasteiger partial charge in [0.15, 0.2) is 5.82 Å². The topological polar surface area (TPSA) is 48.5 Å². The summed E-state index contributed by atoms with van der Waals surface area (Å²) in [5, 5.41) is 4.59. The molecule has 0 saturated carbocycles. The molecule has 264 valence electrons. The number of nitrogens with zero attached hydrogens (tertiary/aromatic N) is 5. The third-order valence-corrected chi connectivity index (χ3v) is 11.7. The second-order valence-electron chi connectivity index (χ2n) is 14.7. The number of benzene rings is 8. The molecule has 2 bridgehead atoms. The fourth-order valence-electron chi connectivity index (χ4n) is 9.33. The highest BCUT2D eigenvalue weighted by Gasteiger charge is 2.30. The first-order chi connectivity index (χ1) is 28.3. The van der Waals surface area contributed by atoms with Crippen LogP contribution in [-0.2, 0) is 0 Å². The SMILES string of the molecule is c1ccc(B2c3ccccc3-c3ccccc3-c3nc(-n4c5ccccc5c5ccccc54)nc(n3)-n3c4ccccc4c4cccc(c43)-c3ccccc32)cc1. The second-order valence-corrected chi connectivity index (χ2v) is 14.7. The van der Waals surface area contributed by atoms with Crippen molar-refractivity contribution in [3.63, 3.8) is 0 Å². The molecule has 0 amide bonds. The Labute approximate surface area is 329 Å². The van der Waals surface area contributed by atoms with E-state index >= 15 is 0 Å². The van der Waals surface area contributed by atoms with E-state index in [1.165, 1.54) is 22.0 Å². The molecule has 0 unspecified atom stereocenters. The molecule has 0 aliphatic carbocycles. The van der Waals surface area contributed by atoms with E-state index in [0.29, 0.717) is 17.7 Å². The molecule has 6 heteroatoms. The van der Waals surface area contributed by atoms with Crippen LogP contribution >= 0.6 is 0 Å². The van der Waals surface area contributed by atoms with Gasteiger partial charge in [-0.15, -0.1) is 0 Å². The molecule has 0 fully saturated rings. The molecule has 4 heterocycles. The molecular weight excluding hydrogens is 693 g/mol. The molecule has 3 aromatic heterocycles. The first-order valence-electron chi connectivity index (χ1n) is 19.4. The van der Waals surface area contributed by atoms with Crippen molar-refractivity contribution in [1.82, 2.24) is 24.1 Å². The summed E-state index contributed by atoms with van der Waals surface area (Å²) in [4.78, 5) is 16.4. The zero-order valence-electron chi connectivity index (χ0n) is 30.8. The summed E-state index contributed by atoms with van der Waals surface area (Å²) in [6.45, 7) is -0.0733. The number of para-hydroxylation sites is 4. The Kier molecular flexibility index (Phi) is 6.95. The van der Waals surface area contributed by atoms with Gasteiger partial charge in [0.25, 0.3) is 0 Å². The Balaban J connectivity index is 1.30. The maximum Gasteiger partial charge on any atom is 0.242 e. The third kappa shape index (κ3) is 4.74. The van der Waals surface area contributed by atoms with Crippen LogP contribution in [0.15, 0.2) is 194 Å². The molecule has 5 nitrogen and oxygen atoms in total. The van der Waals surface area contributed by atoms with E-state index in [-0.39, 0.29) is 6.71 Å². The van der Waals surface area contributed by atoms with Gasteiger partial charge in [-0.25, -0.2) is 0 Å². The molecule has 57 heavy (non-hydrogen) atoms. The summed E-state index contributed by atoms with van der Waals surface area (Å²) in [6, 6.07) is 69.6. The minimum atomic E-state index is -0.0733. The van der Waals surface area contributed by atoms with E-state index in [9.17, 15) is 0 Å². The van der Waals surface area contributed by atoms with Gasteiger partial charge in [0.1, 0.15) is 0 Å². The van der Waals surface area contributed by atoms with Crippen molar-refractivity contribution in [2.75, 3.05) is 0 Å². The number of aromatic nitrogens is 5. The molecule has 1 aliphatic heterocycles. The van der Waals surface area contributed by atoms with Gasteiger partial charge in [0.05, 0.1) is 22.1 Å². The number of rotatable bonds is 2. The average Bonchev–Trinajstić information content (AvgIpc) is 3.80. The van der Waals surface area contributed by atoms with E-state index in [4.69, 9.17) is 15.0 Å². The maximum absolute atomic E-state index is 5.49. The van der Waals surface area contributed by atoms with Crippen molar-refractivity contribution in [3.05, 3.63) is 194 Å². The van der Waals surface area contributed by atoms with Gasteiger partial charge < -0.3 is 0 Å². The van der Waals surface area contributed by atoms with E-state index in [0.717, 1.165) is 65.9 Å². The van der Waals surface area contributed by atoms with Crippen molar-refractivity contribution >= 4 is 66.7 Å². The van der Waals surface area contributed by atoms with Crippen LogP contribution in [0.25, 0.3) is 89.2 Å². The molecule has 8 aromatic carbocycles. The van der Waals surface area contributed by atoms with E-state index in [1.54, 1.807) is 0 Å². The quantitative estimate of drug-likeness (QED) is 0.167. The van der Waals surface area contributed by atoms with Crippen molar-refractivity contribution in [1.29, 1.82) is 0 Å². The van der Waals surface area contributed by atoms with Crippen LogP contribution in [0.3, 0.4) is 0 Å². The van der Waals surface area contributed by atoms with Crippen molar-refractivity contribution in [2.45, 2.75) is 0 Å². The fourth-order valence-corrected chi connectivity index (χ4v) is 9.33. The zero-order valence-corrected chi connectivity index (χ0v) is 30.8. The molecule has 0 radical (unpaired) electrons. The molecule has 1 aliphatic rings. The summed E-state index contributed by atoms with van der Waals surface area (Å²) in [5.74, 6) is 1.74. The van der Waals surface area contributed by atoms with Gasteiger partial charge in [0, 0.05) is 32.7 Å². The molecule has 0 N–H and O–H groups in total. The van der Waals surface area contributed by atoms with Crippen LogP contribution in [0.5, 0.6) is 0 Å². The highest BCUT2D eigenvalue weighted by molar-refractivity contribution is 6.97. The van der Waals surface area contributed by atoms with Crippen LogP contribution < -0.4 is 16.4 Å². The Morgan fingerprint density at radius 3 is 1.40 bits per heavy atom. The zero-order chi connectivity index (χ0) is 37.5. The van der Waals surface area contributed by atoms with Crippen LogP contribution in [0.4, 0.5) is 0 Å². The smallest absolute Gasteiger partial charge is 0.242 e. The van der Waals surface area contributed by atoms with Crippen LogP contribution in [0, 0.1) is 0 Å². The van der Waals surface area contributed by atoms with E-state index in [2.05, 4.69) is 203 Å². The number of hydrogen-bond donors (Lipinski definition) is 0. The molecule has 0 saturated heterocycles. The summed E-state index contributed by atoms with van der Waals surface area (Å²) < 4.78 is 4.47. The van der Waals surface area contributed by atoms with Gasteiger partial charge >= 0.3 is 0 Å². The van der Waals surface area contributed by atoms with Crippen LogP contribution in [0.1, 0.15) is 0 Å². The predicted molar refractivity (Wildman–Crippen MR) is 236 cm³/mol. The molecule has 0 atom stereocenters. The van der Waals surface area contributed by atoms with E-state index < -0.39 is 0 Å². The third-order valence-electron chi connectivity index (χ3n) is 11.7. The normalized spacial score (nSPS) is 12.2. The molecule has 12 rings (SSSR count). The lowest BCUT2D eigenvalue weighted by molar-refractivity contribution is 0.893. The molecular formula is C51H32BN5. The monoisotopic (exact) mass is 725 g/mol. The standard InChI is InChI=1S/C51H32BN5/c1-2-17-33(18-3-1)52-43-28-11-6-20-35(43)34-19-4-5-25-42(34)49-53-50(56-45-30-13-8-22-37(45)38-23-9-14-31-46(38)56)55-51(54-49)57-47-32-15-10-24-39(47)41-27-16-26-40(48(41)57)36-21-7-12-29-44(36)52/h1-32H. The van der Waals surface area contributed by atoms with Crippen LogP contribution in [0.2, 0.25) is 0 Å². The van der Waals surface area contributed by atoms with E-state index in [1.807, 2.05) is 0 Å². The highest BCUT2D eigenvalue weighted by Crippen LogP contribution is 2.39. The highest BCUT2D eigenvalue weighted by atomic mass is 15.3. The maximum atomic E-state index is 5.49. The largest absolute Gasteiger partial charge is 0.278 e. The van der Waals surface area contributed by atoms with Gasteiger partial charge in [0.2, 0.25) is 18.6 Å². The summed E-state index contributed by atoms with van der Waals surface area (Å²) in [6.07, 6.45) is 0. The minimum Gasteiger partial charge on any atom is -0.278 e. The average molecular weight is 726 g/mol. The lowest BCUT2D eigenvalue weighted by Crippen LogP contribution is -2.53. The van der Waals surface area contributed by atoms with Gasteiger partial charge in [-0.05, 0) is 34.9 Å². The predicted octanol–water partition coefficient (Wildman–Crippen LogP) is 9.90. The molecule has 11 aromatic rings. The van der Waals surface area contributed by atoms with Crippen molar-refractivity contribution in [3.8, 4) is 45.5 Å². The van der Waals surface area contributed by atoms with Gasteiger partial charge in [-0.1, -0.05) is 192 Å². The second kappa shape index (κ2) is 12.5. The lowest BCUT2D eigenvalue weighted by Gasteiger charge is -2.23. The Bertz CT molecular complexity index is 3330.